The van der Waals surface area contributed by atoms with E-state index in [9.17, 15) is 0 Å². The van der Waals surface area contributed by atoms with Crippen molar-refractivity contribution in [1.29, 1.82) is 0 Å². The molecular formula is C20H32IN3O. The van der Waals surface area contributed by atoms with E-state index in [1.54, 1.807) is 0 Å². The Morgan fingerprint density at radius 1 is 1.28 bits per heavy atom. The lowest BCUT2D eigenvalue weighted by atomic mass is 9.86. The molecule has 2 saturated heterocycles. The average Bonchev–Trinajstić information content (AvgIpc) is 3.19. The van der Waals surface area contributed by atoms with Crippen molar-refractivity contribution in [1.82, 2.24) is 10.2 Å². The molecule has 3 rings (SSSR count). The van der Waals surface area contributed by atoms with Crippen molar-refractivity contribution in [2.45, 2.75) is 33.1 Å². The summed E-state index contributed by atoms with van der Waals surface area (Å²) >= 11 is 0. The maximum absolute atomic E-state index is 5.64. The van der Waals surface area contributed by atoms with Crippen LogP contribution in [0.3, 0.4) is 0 Å². The monoisotopic (exact) mass is 457 g/mol. The Bertz CT molecular complexity index is 568. The largest absolute Gasteiger partial charge is 0.381 e. The summed E-state index contributed by atoms with van der Waals surface area (Å²) in [5, 5.41) is 3.61. The number of benzene rings is 1. The van der Waals surface area contributed by atoms with E-state index in [2.05, 4.69) is 59.4 Å². The van der Waals surface area contributed by atoms with Gasteiger partial charge in [-0.3, -0.25) is 4.99 Å². The first-order valence-corrected chi connectivity index (χ1v) is 9.09. The van der Waals surface area contributed by atoms with Crippen LogP contribution in [-0.2, 0) is 11.2 Å². The van der Waals surface area contributed by atoms with Gasteiger partial charge in [0.25, 0.3) is 0 Å². The van der Waals surface area contributed by atoms with E-state index in [-0.39, 0.29) is 29.4 Å². The van der Waals surface area contributed by atoms with E-state index in [4.69, 9.17) is 4.74 Å². The number of rotatable bonds is 4. The van der Waals surface area contributed by atoms with Gasteiger partial charge in [-0.05, 0) is 30.2 Å². The fourth-order valence-corrected chi connectivity index (χ4v) is 3.95. The van der Waals surface area contributed by atoms with Crippen LogP contribution in [0.2, 0.25) is 0 Å². The highest BCUT2D eigenvalue weighted by Gasteiger charge is 2.42. The van der Waals surface area contributed by atoms with Gasteiger partial charge in [-0.25, -0.2) is 0 Å². The Kier molecular flexibility index (Phi) is 7.14. The first kappa shape index (κ1) is 20.5. The van der Waals surface area contributed by atoms with Gasteiger partial charge in [-0.1, -0.05) is 44.2 Å². The molecule has 0 amide bonds. The number of nitrogens with zero attached hydrogens (tertiary/aromatic N) is 2. The van der Waals surface area contributed by atoms with Gasteiger partial charge in [0.2, 0.25) is 0 Å². The van der Waals surface area contributed by atoms with Crippen LogP contribution in [0.5, 0.6) is 0 Å². The standard InChI is InChI=1S/C20H31N3O.HI/c1-19(2,13-17-7-5-4-6-8-17)14-22-18(21-3)23-11-9-20(15-23)10-12-24-16-20;/h4-8H,9-16H2,1-3H3,(H,21,22);1H. The summed E-state index contributed by atoms with van der Waals surface area (Å²) in [7, 11) is 1.89. The van der Waals surface area contributed by atoms with E-state index in [0.717, 1.165) is 45.2 Å². The fraction of sp³-hybridized carbons (Fsp3) is 0.650. The SMILES string of the molecule is CN=C(NCC(C)(C)Cc1ccccc1)N1CCC2(CCOC2)C1.I. The summed E-state index contributed by atoms with van der Waals surface area (Å²) in [6.07, 6.45) is 3.48. The summed E-state index contributed by atoms with van der Waals surface area (Å²) in [4.78, 5) is 6.94. The molecule has 2 heterocycles. The number of nitrogens with one attached hydrogen (secondary N) is 1. The molecule has 140 valence electrons. The summed E-state index contributed by atoms with van der Waals surface area (Å²) in [6.45, 7) is 9.56. The second-order valence-electron chi connectivity index (χ2n) is 8.20. The van der Waals surface area contributed by atoms with Gasteiger partial charge in [0.05, 0.1) is 6.61 Å². The highest BCUT2D eigenvalue weighted by Crippen LogP contribution is 2.38. The van der Waals surface area contributed by atoms with Crippen LogP contribution in [0.15, 0.2) is 35.3 Å². The van der Waals surface area contributed by atoms with Crippen molar-refractivity contribution in [3.8, 4) is 0 Å². The maximum Gasteiger partial charge on any atom is 0.193 e. The number of halogens is 1. The first-order chi connectivity index (χ1) is 11.5. The molecule has 2 aliphatic rings. The minimum Gasteiger partial charge on any atom is -0.381 e. The van der Waals surface area contributed by atoms with E-state index in [1.807, 2.05) is 7.05 Å². The van der Waals surface area contributed by atoms with Crippen molar-refractivity contribution in [3.63, 3.8) is 0 Å². The predicted molar refractivity (Wildman–Crippen MR) is 115 cm³/mol. The Balaban J connectivity index is 0.00000225. The number of hydrogen-bond donors (Lipinski definition) is 1. The third-order valence-electron chi connectivity index (χ3n) is 5.39. The summed E-state index contributed by atoms with van der Waals surface area (Å²) < 4.78 is 5.64. The number of guanidine groups is 1. The molecule has 1 spiro atoms. The first-order valence-electron chi connectivity index (χ1n) is 9.09. The summed E-state index contributed by atoms with van der Waals surface area (Å²) in [5.74, 6) is 1.04. The lowest BCUT2D eigenvalue weighted by molar-refractivity contribution is 0.156. The van der Waals surface area contributed by atoms with Gasteiger partial charge in [-0.2, -0.15) is 0 Å². The zero-order valence-corrected chi connectivity index (χ0v) is 18.1. The lowest BCUT2D eigenvalue weighted by Gasteiger charge is -2.30. The zero-order valence-electron chi connectivity index (χ0n) is 15.8. The van der Waals surface area contributed by atoms with Crippen LogP contribution in [0.25, 0.3) is 0 Å². The Labute approximate surface area is 169 Å². The Hall–Kier alpha value is -0.820. The van der Waals surface area contributed by atoms with Crippen LogP contribution in [0.1, 0.15) is 32.3 Å². The van der Waals surface area contributed by atoms with Gasteiger partial charge < -0.3 is 15.0 Å². The van der Waals surface area contributed by atoms with E-state index in [1.165, 1.54) is 18.4 Å². The van der Waals surface area contributed by atoms with Gasteiger partial charge in [-0.15, -0.1) is 24.0 Å². The van der Waals surface area contributed by atoms with Crippen LogP contribution in [-0.4, -0.2) is 50.8 Å². The fourth-order valence-electron chi connectivity index (χ4n) is 3.95. The molecule has 25 heavy (non-hydrogen) atoms. The average molecular weight is 457 g/mol. The number of aliphatic imine (C=N–C) groups is 1. The molecule has 1 unspecified atom stereocenters. The van der Waals surface area contributed by atoms with Crippen molar-refractivity contribution in [3.05, 3.63) is 35.9 Å². The Morgan fingerprint density at radius 2 is 2.04 bits per heavy atom. The molecular weight excluding hydrogens is 425 g/mol. The van der Waals surface area contributed by atoms with E-state index < -0.39 is 0 Å². The molecule has 1 atom stereocenters. The number of hydrogen-bond acceptors (Lipinski definition) is 2. The quantitative estimate of drug-likeness (QED) is 0.427. The highest BCUT2D eigenvalue weighted by molar-refractivity contribution is 14.0. The molecule has 1 aromatic rings. The number of likely N-dealkylation sites (tertiary alicyclic amines) is 1. The van der Waals surface area contributed by atoms with Crippen molar-refractivity contribution >= 4 is 29.9 Å². The summed E-state index contributed by atoms with van der Waals surface area (Å²) in [6, 6.07) is 10.7. The van der Waals surface area contributed by atoms with Crippen molar-refractivity contribution < 1.29 is 4.74 Å². The molecule has 1 aromatic carbocycles. The van der Waals surface area contributed by atoms with Gasteiger partial charge in [0.15, 0.2) is 5.96 Å². The molecule has 0 saturated carbocycles. The normalized spacial score (nSPS) is 23.8. The highest BCUT2D eigenvalue weighted by atomic mass is 127. The van der Waals surface area contributed by atoms with E-state index >= 15 is 0 Å². The third kappa shape index (κ3) is 5.33. The second-order valence-corrected chi connectivity index (χ2v) is 8.20. The molecule has 4 nitrogen and oxygen atoms in total. The molecule has 2 fully saturated rings. The molecule has 0 aliphatic carbocycles. The van der Waals surface area contributed by atoms with Crippen LogP contribution < -0.4 is 5.32 Å². The molecule has 1 N–H and O–H groups in total. The smallest absolute Gasteiger partial charge is 0.193 e. The van der Waals surface area contributed by atoms with E-state index in [0.29, 0.717) is 5.41 Å². The topological polar surface area (TPSA) is 36.9 Å². The molecule has 0 radical (unpaired) electrons. The van der Waals surface area contributed by atoms with Gasteiger partial charge in [0.1, 0.15) is 0 Å². The van der Waals surface area contributed by atoms with Crippen molar-refractivity contribution in [2.75, 3.05) is 39.9 Å². The molecule has 5 heteroatoms. The van der Waals surface area contributed by atoms with Crippen LogP contribution in [0, 0.1) is 10.8 Å². The van der Waals surface area contributed by atoms with Crippen LogP contribution >= 0.6 is 24.0 Å². The summed E-state index contributed by atoms with van der Waals surface area (Å²) in [5.41, 5.74) is 1.95. The van der Waals surface area contributed by atoms with Gasteiger partial charge in [0, 0.05) is 38.7 Å². The third-order valence-corrected chi connectivity index (χ3v) is 5.39. The Morgan fingerprint density at radius 3 is 2.68 bits per heavy atom. The van der Waals surface area contributed by atoms with Crippen molar-refractivity contribution in [2.24, 2.45) is 15.8 Å². The zero-order chi connectivity index (χ0) is 17.0. The molecule has 2 aliphatic heterocycles. The minimum absolute atomic E-state index is 0. The lowest BCUT2D eigenvalue weighted by Crippen LogP contribution is -2.45. The minimum atomic E-state index is 0. The van der Waals surface area contributed by atoms with Gasteiger partial charge >= 0.3 is 0 Å². The second kappa shape index (κ2) is 8.71. The molecule has 0 aromatic heterocycles. The maximum atomic E-state index is 5.64. The number of ether oxygens (including phenoxy) is 1. The predicted octanol–water partition coefficient (Wildman–Crippen LogP) is 3.56. The molecule has 0 bridgehead atoms. The van der Waals surface area contributed by atoms with Crippen LogP contribution in [0.4, 0.5) is 0 Å².